The van der Waals surface area contributed by atoms with Crippen LogP contribution in [0.5, 0.6) is 17.2 Å². The van der Waals surface area contributed by atoms with Crippen molar-refractivity contribution in [2.45, 2.75) is 25.7 Å². The number of hydrogen-bond donors (Lipinski definition) is 1. The molecule has 130 valence electrons. The normalized spacial score (nSPS) is 13.0. The Balaban J connectivity index is 0.00000182. The lowest BCUT2D eigenvalue weighted by Crippen LogP contribution is -2.09. The number of hydrogen-bond acceptors (Lipinski definition) is 4. The maximum atomic E-state index is 6.43. The van der Waals surface area contributed by atoms with Gasteiger partial charge in [-0.3, -0.25) is 4.98 Å². The predicted molar refractivity (Wildman–Crippen MR) is 103 cm³/mol. The van der Waals surface area contributed by atoms with E-state index in [2.05, 4.69) is 0 Å². The highest BCUT2D eigenvalue weighted by Crippen LogP contribution is 2.34. The summed E-state index contributed by atoms with van der Waals surface area (Å²) >= 11 is 0. The maximum absolute atomic E-state index is 6.43. The van der Waals surface area contributed by atoms with E-state index in [9.17, 15) is 0 Å². The fourth-order valence-corrected chi connectivity index (χ4v) is 3.30. The molecular formula is C20H21ClN2O2. The van der Waals surface area contributed by atoms with Crippen molar-refractivity contribution >= 4 is 29.0 Å². The van der Waals surface area contributed by atoms with E-state index in [-0.39, 0.29) is 12.4 Å². The zero-order valence-electron chi connectivity index (χ0n) is 14.1. The van der Waals surface area contributed by atoms with Crippen LogP contribution in [0, 0.1) is 0 Å². The predicted octanol–water partition coefficient (Wildman–Crippen LogP) is 4.92. The molecule has 0 bridgehead atoms. The summed E-state index contributed by atoms with van der Waals surface area (Å²) < 4.78 is 11.2. The minimum atomic E-state index is 0. The van der Waals surface area contributed by atoms with E-state index >= 15 is 0 Å². The van der Waals surface area contributed by atoms with Crippen molar-refractivity contribution in [3.63, 3.8) is 0 Å². The minimum absolute atomic E-state index is 0. The van der Waals surface area contributed by atoms with Gasteiger partial charge in [0.15, 0.2) is 0 Å². The number of benzene rings is 2. The van der Waals surface area contributed by atoms with Crippen LogP contribution in [0.3, 0.4) is 0 Å². The van der Waals surface area contributed by atoms with Gasteiger partial charge in [-0.15, -0.1) is 12.4 Å². The monoisotopic (exact) mass is 356 g/mol. The number of methoxy groups -OCH3 is 1. The van der Waals surface area contributed by atoms with Crippen molar-refractivity contribution in [1.82, 2.24) is 4.98 Å². The first-order valence-corrected chi connectivity index (χ1v) is 8.27. The van der Waals surface area contributed by atoms with Crippen LogP contribution in [-0.4, -0.2) is 12.1 Å². The molecule has 0 radical (unpaired) electrons. The third kappa shape index (κ3) is 3.35. The smallest absolute Gasteiger partial charge is 0.131 e. The summed E-state index contributed by atoms with van der Waals surface area (Å²) in [5.41, 5.74) is 10.6. The Hall–Kier alpha value is -2.46. The fourth-order valence-electron chi connectivity index (χ4n) is 3.30. The topological polar surface area (TPSA) is 57.4 Å². The van der Waals surface area contributed by atoms with Gasteiger partial charge in [-0.1, -0.05) is 6.07 Å². The van der Waals surface area contributed by atoms with Crippen LogP contribution in [0.2, 0.25) is 0 Å². The molecule has 0 spiro atoms. The number of rotatable bonds is 3. The molecule has 5 heteroatoms. The lowest BCUT2D eigenvalue weighted by molar-refractivity contribution is 0.409. The molecule has 0 saturated heterocycles. The molecule has 4 nitrogen and oxygen atoms in total. The van der Waals surface area contributed by atoms with Gasteiger partial charge in [-0.05, 0) is 61.6 Å². The molecule has 1 aromatic heterocycles. The van der Waals surface area contributed by atoms with Gasteiger partial charge in [0.2, 0.25) is 0 Å². The Morgan fingerprint density at radius 1 is 0.960 bits per heavy atom. The first kappa shape index (κ1) is 17.4. The highest BCUT2D eigenvalue weighted by Gasteiger charge is 2.16. The molecule has 0 aliphatic heterocycles. The molecule has 0 fully saturated rings. The third-order valence-corrected chi connectivity index (χ3v) is 4.55. The summed E-state index contributed by atoms with van der Waals surface area (Å²) in [5, 5.41) is 0.969. The van der Waals surface area contributed by atoms with Crippen molar-refractivity contribution in [2.75, 3.05) is 12.8 Å². The molecule has 25 heavy (non-hydrogen) atoms. The largest absolute Gasteiger partial charge is 0.497 e. The van der Waals surface area contributed by atoms with Crippen LogP contribution in [0.4, 0.5) is 5.69 Å². The number of anilines is 1. The molecule has 0 saturated carbocycles. The van der Waals surface area contributed by atoms with Crippen molar-refractivity contribution in [3.8, 4) is 17.2 Å². The van der Waals surface area contributed by atoms with Crippen molar-refractivity contribution in [2.24, 2.45) is 0 Å². The number of halogens is 1. The summed E-state index contributed by atoms with van der Waals surface area (Å²) in [6.45, 7) is 0. The van der Waals surface area contributed by atoms with Crippen LogP contribution in [0.1, 0.15) is 24.1 Å². The van der Waals surface area contributed by atoms with Gasteiger partial charge in [0.1, 0.15) is 17.2 Å². The summed E-state index contributed by atoms with van der Waals surface area (Å²) in [6.07, 6.45) is 4.43. The van der Waals surface area contributed by atoms with E-state index in [4.69, 9.17) is 20.2 Å². The Morgan fingerprint density at radius 2 is 1.72 bits per heavy atom. The van der Waals surface area contributed by atoms with E-state index in [0.717, 1.165) is 52.4 Å². The Morgan fingerprint density at radius 3 is 2.56 bits per heavy atom. The molecule has 1 aliphatic rings. The second kappa shape index (κ2) is 7.19. The second-order valence-corrected chi connectivity index (χ2v) is 6.12. The van der Waals surface area contributed by atoms with E-state index in [1.807, 2.05) is 42.5 Å². The van der Waals surface area contributed by atoms with Gasteiger partial charge < -0.3 is 15.2 Å². The van der Waals surface area contributed by atoms with Crippen LogP contribution in [0.15, 0.2) is 42.5 Å². The molecule has 4 rings (SSSR count). The number of aryl methyl sites for hydroxylation is 1. The van der Waals surface area contributed by atoms with Crippen molar-refractivity contribution < 1.29 is 9.47 Å². The number of nitrogen functional groups attached to an aromatic ring is 1. The second-order valence-electron chi connectivity index (χ2n) is 6.12. The summed E-state index contributed by atoms with van der Waals surface area (Å²) in [7, 11) is 1.64. The third-order valence-electron chi connectivity index (χ3n) is 4.55. The zero-order valence-corrected chi connectivity index (χ0v) is 14.9. The first-order chi connectivity index (χ1) is 11.7. The van der Waals surface area contributed by atoms with E-state index in [0.29, 0.717) is 0 Å². The SMILES string of the molecule is COc1cccc(Oc2ccc3nc4c(c(N)c3c2)CCCC4)c1.Cl. The van der Waals surface area contributed by atoms with E-state index < -0.39 is 0 Å². The lowest BCUT2D eigenvalue weighted by atomic mass is 9.93. The summed E-state index contributed by atoms with van der Waals surface area (Å²) in [6, 6.07) is 13.5. The number of aromatic nitrogens is 1. The van der Waals surface area contributed by atoms with Crippen LogP contribution in [0.25, 0.3) is 10.9 Å². The maximum Gasteiger partial charge on any atom is 0.131 e. The molecule has 1 heterocycles. The van der Waals surface area contributed by atoms with Crippen LogP contribution in [-0.2, 0) is 12.8 Å². The Bertz CT molecular complexity index is 912. The number of fused-ring (bicyclic) bond motifs is 2. The van der Waals surface area contributed by atoms with Crippen molar-refractivity contribution in [1.29, 1.82) is 0 Å². The quantitative estimate of drug-likeness (QED) is 0.723. The number of nitrogens with zero attached hydrogens (tertiary/aromatic N) is 1. The molecule has 2 N–H and O–H groups in total. The summed E-state index contributed by atoms with van der Waals surface area (Å²) in [4.78, 5) is 4.80. The number of nitrogens with two attached hydrogens (primary N) is 1. The molecule has 3 aromatic rings. The van der Waals surface area contributed by atoms with Gasteiger partial charge in [0, 0.05) is 22.8 Å². The van der Waals surface area contributed by atoms with Gasteiger partial charge >= 0.3 is 0 Å². The van der Waals surface area contributed by atoms with Crippen molar-refractivity contribution in [3.05, 3.63) is 53.7 Å². The van der Waals surface area contributed by atoms with E-state index in [1.165, 1.54) is 18.4 Å². The van der Waals surface area contributed by atoms with Crippen LogP contribution >= 0.6 is 12.4 Å². The zero-order chi connectivity index (χ0) is 16.5. The molecule has 0 atom stereocenters. The highest BCUT2D eigenvalue weighted by atomic mass is 35.5. The fraction of sp³-hybridized carbons (Fsp3) is 0.250. The summed E-state index contributed by atoms with van der Waals surface area (Å²) in [5.74, 6) is 2.25. The average molecular weight is 357 g/mol. The average Bonchev–Trinajstić information content (AvgIpc) is 2.63. The standard InChI is InChI=1S/C20H20N2O2.ClH/c1-23-13-5-4-6-14(11-13)24-15-9-10-19-17(12-15)20(21)16-7-2-3-8-18(16)22-19;/h4-6,9-12H,2-3,7-8H2,1H3,(H2,21,22);1H. The van der Waals surface area contributed by atoms with Crippen LogP contribution < -0.4 is 15.2 Å². The molecule has 0 amide bonds. The minimum Gasteiger partial charge on any atom is -0.497 e. The lowest BCUT2D eigenvalue weighted by Gasteiger charge is -2.19. The highest BCUT2D eigenvalue weighted by molar-refractivity contribution is 5.93. The molecule has 1 aliphatic carbocycles. The number of ether oxygens (including phenoxy) is 2. The van der Waals surface area contributed by atoms with E-state index in [1.54, 1.807) is 7.11 Å². The molecule has 0 unspecified atom stereocenters. The van der Waals surface area contributed by atoms with Gasteiger partial charge in [0.05, 0.1) is 12.6 Å². The first-order valence-electron chi connectivity index (χ1n) is 8.27. The number of pyridine rings is 1. The van der Waals surface area contributed by atoms with Gasteiger partial charge in [-0.2, -0.15) is 0 Å². The Kier molecular flexibility index (Phi) is 5.00. The Labute approximate surface area is 153 Å². The molecule has 2 aromatic carbocycles. The molecular weight excluding hydrogens is 336 g/mol. The van der Waals surface area contributed by atoms with Gasteiger partial charge in [0.25, 0.3) is 0 Å². The van der Waals surface area contributed by atoms with Gasteiger partial charge in [-0.25, -0.2) is 0 Å².